The summed E-state index contributed by atoms with van der Waals surface area (Å²) < 4.78 is 11.5. The number of aromatic carboxylic acids is 1. The highest BCUT2D eigenvalue weighted by Gasteiger charge is 2.26. The second kappa shape index (κ2) is 5.48. The molecule has 5 nitrogen and oxygen atoms in total. The molecule has 0 amide bonds. The van der Waals surface area contributed by atoms with E-state index >= 15 is 0 Å². The largest absolute Gasteiger partial charge is 0.488 e. The van der Waals surface area contributed by atoms with E-state index in [2.05, 4.69) is 0 Å². The van der Waals surface area contributed by atoms with Gasteiger partial charge in [0.2, 0.25) is 0 Å². The molecule has 0 spiro atoms. The summed E-state index contributed by atoms with van der Waals surface area (Å²) >= 11 is 0. The van der Waals surface area contributed by atoms with Crippen molar-refractivity contribution in [2.75, 3.05) is 5.73 Å². The molecule has 2 atom stereocenters. The highest BCUT2D eigenvalue weighted by Crippen LogP contribution is 2.28. The third-order valence-electron chi connectivity index (χ3n) is 3.20. The lowest BCUT2D eigenvalue weighted by Gasteiger charge is -2.32. The lowest BCUT2D eigenvalue weighted by atomic mass is 10.0. The smallest absolute Gasteiger partial charge is 0.335 e. The molecule has 0 aromatic heterocycles. The number of anilines is 1. The van der Waals surface area contributed by atoms with Crippen molar-refractivity contribution in [1.82, 2.24) is 0 Å². The van der Waals surface area contributed by atoms with Gasteiger partial charge >= 0.3 is 5.97 Å². The van der Waals surface area contributed by atoms with E-state index in [0.29, 0.717) is 11.4 Å². The van der Waals surface area contributed by atoms with Crippen LogP contribution in [0.4, 0.5) is 5.69 Å². The number of benzene rings is 1. The van der Waals surface area contributed by atoms with Gasteiger partial charge in [0, 0.05) is 12.8 Å². The molecule has 1 aliphatic rings. The minimum Gasteiger partial charge on any atom is -0.488 e. The maximum absolute atomic E-state index is 10.8. The van der Waals surface area contributed by atoms with Crippen molar-refractivity contribution in [3.05, 3.63) is 23.8 Å². The van der Waals surface area contributed by atoms with Gasteiger partial charge in [-0.15, -0.1) is 0 Å². The monoisotopic (exact) mass is 265 g/mol. The van der Waals surface area contributed by atoms with Crippen LogP contribution in [0.15, 0.2) is 18.2 Å². The van der Waals surface area contributed by atoms with Gasteiger partial charge in [-0.05, 0) is 32.0 Å². The van der Waals surface area contributed by atoms with Crippen molar-refractivity contribution in [2.24, 2.45) is 0 Å². The van der Waals surface area contributed by atoms with Crippen molar-refractivity contribution in [3.63, 3.8) is 0 Å². The lowest BCUT2D eigenvalue weighted by Crippen LogP contribution is -2.35. The van der Waals surface area contributed by atoms with Gasteiger partial charge in [-0.25, -0.2) is 4.79 Å². The topological polar surface area (TPSA) is 81.8 Å². The van der Waals surface area contributed by atoms with Gasteiger partial charge in [-0.1, -0.05) is 0 Å². The fourth-order valence-electron chi connectivity index (χ4n) is 2.41. The molecule has 3 N–H and O–H groups in total. The Morgan fingerprint density at radius 1 is 1.37 bits per heavy atom. The summed E-state index contributed by atoms with van der Waals surface area (Å²) in [6.07, 6.45) is 1.99. The first kappa shape index (κ1) is 13.7. The Morgan fingerprint density at radius 3 is 2.53 bits per heavy atom. The van der Waals surface area contributed by atoms with Crippen LogP contribution < -0.4 is 10.5 Å². The molecule has 1 fully saturated rings. The zero-order valence-electron chi connectivity index (χ0n) is 11.1. The van der Waals surface area contributed by atoms with Gasteiger partial charge in [-0.3, -0.25) is 0 Å². The molecule has 19 heavy (non-hydrogen) atoms. The van der Waals surface area contributed by atoms with Gasteiger partial charge in [0.15, 0.2) is 0 Å². The molecule has 2 rings (SSSR count). The molecule has 0 bridgehead atoms. The summed E-state index contributed by atoms with van der Waals surface area (Å²) in [4.78, 5) is 10.8. The van der Waals surface area contributed by atoms with E-state index in [9.17, 15) is 4.79 Å². The minimum absolute atomic E-state index is 0.0525. The van der Waals surface area contributed by atoms with Crippen molar-refractivity contribution >= 4 is 11.7 Å². The number of nitrogens with two attached hydrogens (primary N) is 1. The van der Waals surface area contributed by atoms with E-state index in [1.54, 1.807) is 6.07 Å². The lowest BCUT2D eigenvalue weighted by molar-refractivity contribution is -0.0720. The Morgan fingerprint density at radius 2 is 2.00 bits per heavy atom. The number of ether oxygens (including phenoxy) is 2. The Balaban J connectivity index is 2.08. The van der Waals surface area contributed by atoms with Crippen LogP contribution in [0.5, 0.6) is 5.75 Å². The maximum atomic E-state index is 10.8. The number of carboxylic acid groups (broad SMARTS) is 1. The molecular weight excluding hydrogens is 246 g/mol. The molecule has 1 heterocycles. The van der Waals surface area contributed by atoms with Crippen LogP contribution in [-0.4, -0.2) is 29.4 Å². The average molecular weight is 265 g/mol. The normalized spacial score (nSPS) is 26.9. The minimum atomic E-state index is -0.994. The number of carboxylic acids is 1. The first-order valence-corrected chi connectivity index (χ1v) is 6.40. The Kier molecular flexibility index (Phi) is 3.95. The van der Waals surface area contributed by atoms with E-state index < -0.39 is 5.97 Å². The van der Waals surface area contributed by atoms with Gasteiger partial charge < -0.3 is 20.3 Å². The summed E-state index contributed by atoms with van der Waals surface area (Å²) in [6, 6.07) is 4.54. The third-order valence-corrected chi connectivity index (χ3v) is 3.20. The van der Waals surface area contributed by atoms with Gasteiger partial charge in [0.25, 0.3) is 0 Å². The van der Waals surface area contributed by atoms with E-state index in [4.69, 9.17) is 20.3 Å². The predicted octanol–water partition coefficient (Wildman–Crippen LogP) is 2.30. The fraction of sp³-hybridized carbons (Fsp3) is 0.500. The number of rotatable bonds is 3. The Bertz CT molecular complexity index is 465. The third kappa shape index (κ3) is 3.38. The van der Waals surface area contributed by atoms with E-state index in [1.165, 1.54) is 12.1 Å². The summed E-state index contributed by atoms with van der Waals surface area (Å²) in [5.74, 6) is -0.456. The SMILES string of the molecule is CC1CC(Oc2ccc(C(=O)O)cc2N)CC(C)O1. The summed E-state index contributed by atoms with van der Waals surface area (Å²) in [5, 5.41) is 8.88. The van der Waals surface area contributed by atoms with Gasteiger partial charge in [0.1, 0.15) is 11.9 Å². The molecule has 2 unspecified atom stereocenters. The fourth-order valence-corrected chi connectivity index (χ4v) is 2.41. The van der Waals surface area contributed by atoms with Crippen LogP contribution in [-0.2, 0) is 4.74 Å². The van der Waals surface area contributed by atoms with Crippen LogP contribution in [0.2, 0.25) is 0 Å². The molecule has 1 aliphatic heterocycles. The molecule has 5 heteroatoms. The summed E-state index contributed by atoms with van der Waals surface area (Å²) in [7, 11) is 0. The Hall–Kier alpha value is -1.75. The highest BCUT2D eigenvalue weighted by molar-refractivity contribution is 5.89. The first-order chi connectivity index (χ1) is 8.95. The molecule has 1 aromatic rings. The molecule has 104 valence electrons. The standard InChI is InChI=1S/C14H19NO4/c1-8-5-11(6-9(2)18-8)19-13-4-3-10(14(16)17)7-12(13)15/h3-4,7-9,11H,5-6,15H2,1-2H3,(H,16,17). The number of hydrogen-bond donors (Lipinski definition) is 2. The van der Waals surface area contributed by atoms with Crippen molar-refractivity contribution in [2.45, 2.75) is 45.0 Å². The van der Waals surface area contributed by atoms with Crippen LogP contribution in [0.1, 0.15) is 37.0 Å². The quantitative estimate of drug-likeness (QED) is 0.819. The van der Waals surface area contributed by atoms with Crippen molar-refractivity contribution < 1.29 is 19.4 Å². The van der Waals surface area contributed by atoms with Gasteiger partial charge in [0.05, 0.1) is 23.5 Å². The Labute approximate surface area is 112 Å². The second-order valence-electron chi connectivity index (χ2n) is 5.03. The number of hydrogen-bond acceptors (Lipinski definition) is 4. The van der Waals surface area contributed by atoms with Crippen LogP contribution >= 0.6 is 0 Å². The predicted molar refractivity (Wildman–Crippen MR) is 71.5 cm³/mol. The van der Waals surface area contributed by atoms with Crippen LogP contribution in [0, 0.1) is 0 Å². The first-order valence-electron chi connectivity index (χ1n) is 6.40. The number of carbonyl (C=O) groups is 1. The van der Waals surface area contributed by atoms with E-state index in [-0.39, 0.29) is 23.9 Å². The average Bonchev–Trinajstić information content (AvgIpc) is 2.30. The highest BCUT2D eigenvalue weighted by atomic mass is 16.5. The van der Waals surface area contributed by atoms with Crippen molar-refractivity contribution in [1.29, 1.82) is 0 Å². The zero-order valence-corrected chi connectivity index (χ0v) is 11.1. The summed E-state index contributed by atoms with van der Waals surface area (Å²) in [5.41, 5.74) is 6.34. The summed E-state index contributed by atoms with van der Waals surface area (Å²) in [6.45, 7) is 4.03. The van der Waals surface area contributed by atoms with Crippen LogP contribution in [0.25, 0.3) is 0 Å². The molecular formula is C14H19NO4. The molecule has 0 radical (unpaired) electrons. The van der Waals surface area contributed by atoms with E-state index in [1.807, 2.05) is 13.8 Å². The second-order valence-corrected chi connectivity index (χ2v) is 5.03. The zero-order chi connectivity index (χ0) is 14.0. The molecule has 1 saturated heterocycles. The molecule has 0 aliphatic carbocycles. The molecule has 0 saturated carbocycles. The maximum Gasteiger partial charge on any atom is 0.335 e. The number of nitrogen functional groups attached to an aromatic ring is 1. The van der Waals surface area contributed by atoms with Crippen molar-refractivity contribution in [3.8, 4) is 5.75 Å². The van der Waals surface area contributed by atoms with Crippen LogP contribution in [0.3, 0.4) is 0 Å². The molecule has 1 aromatic carbocycles. The van der Waals surface area contributed by atoms with Gasteiger partial charge in [-0.2, -0.15) is 0 Å². The van der Waals surface area contributed by atoms with E-state index in [0.717, 1.165) is 12.8 Å².